The molecule has 0 amide bonds. The Balaban J connectivity index is 1.79. The van der Waals surface area contributed by atoms with E-state index in [1.54, 1.807) is 30.3 Å². The standard InChI is InChI=1S/C25H25NO2/c1-15(2)26-22-11-10-17(12-20(22)16(3)14-25(26,4)5)13-21-23(27)18-8-6-7-9-19(18)24(21)28/h6-15H,1-5H3. The first-order chi connectivity index (χ1) is 13.2. The Morgan fingerprint density at radius 2 is 1.54 bits per heavy atom. The minimum Gasteiger partial charge on any atom is -0.360 e. The molecule has 0 atom stereocenters. The molecule has 0 aromatic heterocycles. The summed E-state index contributed by atoms with van der Waals surface area (Å²) in [5.74, 6) is -0.369. The van der Waals surface area contributed by atoms with E-state index in [9.17, 15) is 9.59 Å². The Morgan fingerprint density at radius 3 is 2.11 bits per heavy atom. The van der Waals surface area contributed by atoms with E-state index in [0.717, 1.165) is 11.1 Å². The SMILES string of the molecule is CC1=CC(C)(C)N(C(C)C)c2ccc(C=C3C(=O)c4ccccc4C3=O)cc21. The molecule has 1 aliphatic carbocycles. The van der Waals surface area contributed by atoms with Gasteiger partial charge in [-0.3, -0.25) is 9.59 Å². The van der Waals surface area contributed by atoms with Gasteiger partial charge < -0.3 is 4.90 Å². The average molecular weight is 371 g/mol. The summed E-state index contributed by atoms with van der Waals surface area (Å²) in [4.78, 5) is 27.8. The summed E-state index contributed by atoms with van der Waals surface area (Å²) >= 11 is 0. The normalized spacial score (nSPS) is 17.6. The van der Waals surface area contributed by atoms with Gasteiger partial charge in [-0.1, -0.05) is 36.4 Å². The summed E-state index contributed by atoms with van der Waals surface area (Å²) < 4.78 is 0. The van der Waals surface area contributed by atoms with E-state index in [-0.39, 0.29) is 22.7 Å². The Bertz CT molecular complexity index is 1030. The van der Waals surface area contributed by atoms with Crippen molar-refractivity contribution in [1.29, 1.82) is 0 Å². The molecule has 2 aliphatic rings. The van der Waals surface area contributed by atoms with Gasteiger partial charge in [-0.25, -0.2) is 0 Å². The van der Waals surface area contributed by atoms with Crippen LogP contribution in [0.25, 0.3) is 11.6 Å². The number of hydrogen-bond acceptors (Lipinski definition) is 3. The van der Waals surface area contributed by atoms with Crippen molar-refractivity contribution >= 4 is 28.9 Å². The van der Waals surface area contributed by atoms with Crippen LogP contribution in [-0.4, -0.2) is 23.1 Å². The fourth-order valence-corrected chi connectivity index (χ4v) is 4.67. The monoisotopic (exact) mass is 371 g/mol. The molecule has 28 heavy (non-hydrogen) atoms. The Labute approximate surface area is 166 Å². The van der Waals surface area contributed by atoms with Crippen molar-refractivity contribution in [2.24, 2.45) is 0 Å². The van der Waals surface area contributed by atoms with Crippen molar-refractivity contribution in [1.82, 2.24) is 0 Å². The topological polar surface area (TPSA) is 37.4 Å². The van der Waals surface area contributed by atoms with Crippen LogP contribution in [0, 0.1) is 0 Å². The third-order valence-corrected chi connectivity index (χ3v) is 5.63. The van der Waals surface area contributed by atoms with Crippen LogP contribution in [0.2, 0.25) is 0 Å². The number of rotatable bonds is 2. The second-order valence-corrected chi connectivity index (χ2v) is 8.48. The lowest BCUT2D eigenvalue weighted by molar-refractivity contribution is 0.0990. The fourth-order valence-electron chi connectivity index (χ4n) is 4.67. The maximum absolute atomic E-state index is 12.7. The van der Waals surface area contributed by atoms with Gasteiger partial charge in [0.05, 0.1) is 11.1 Å². The van der Waals surface area contributed by atoms with Gasteiger partial charge in [0.2, 0.25) is 0 Å². The zero-order chi connectivity index (χ0) is 20.2. The molecule has 1 aliphatic heterocycles. The highest BCUT2D eigenvalue weighted by atomic mass is 16.2. The van der Waals surface area contributed by atoms with Gasteiger partial charge in [0.1, 0.15) is 0 Å². The Kier molecular flexibility index (Phi) is 4.15. The summed E-state index contributed by atoms with van der Waals surface area (Å²) in [7, 11) is 0. The van der Waals surface area contributed by atoms with Crippen molar-refractivity contribution in [2.75, 3.05) is 4.90 Å². The zero-order valence-corrected chi connectivity index (χ0v) is 17.0. The number of carbonyl (C=O) groups is 2. The minimum atomic E-state index is -0.185. The highest BCUT2D eigenvalue weighted by molar-refractivity contribution is 6.41. The molecule has 0 radical (unpaired) electrons. The summed E-state index contributed by atoms with van der Waals surface area (Å²) in [5, 5.41) is 0. The second-order valence-electron chi connectivity index (χ2n) is 8.48. The van der Waals surface area contributed by atoms with E-state index in [2.05, 4.69) is 57.7 Å². The van der Waals surface area contributed by atoms with Crippen molar-refractivity contribution < 1.29 is 9.59 Å². The van der Waals surface area contributed by atoms with Crippen molar-refractivity contribution in [3.8, 4) is 0 Å². The second kappa shape index (κ2) is 6.30. The summed E-state index contributed by atoms with van der Waals surface area (Å²) in [6, 6.07) is 13.6. The number of benzene rings is 2. The number of Topliss-reactive ketones (excluding diaryl/α,β-unsaturated/α-hetero) is 2. The molecule has 0 spiro atoms. The molecule has 142 valence electrons. The summed E-state index contributed by atoms with van der Waals surface area (Å²) in [6.45, 7) is 11.0. The maximum Gasteiger partial charge on any atom is 0.197 e. The highest BCUT2D eigenvalue weighted by Crippen LogP contribution is 2.41. The molecule has 1 heterocycles. The van der Waals surface area contributed by atoms with Gasteiger partial charge in [0, 0.05) is 28.4 Å². The number of anilines is 1. The van der Waals surface area contributed by atoms with Crippen LogP contribution in [0.1, 0.15) is 66.5 Å². The van der Waals surface area contributed by atoms with Crippen LogP contribution in [0.4, 0.5) is 5.69 Å². The molecule has 3 heteroatoms. The van der Waals surface area contributed by atoms with E-state index >= 15 is 0 Å². The quantitative estimate of drug-likeness (QED) is 0.512. The number of carbonyl (C=O) groups excluding carboxylic acids is 2. The van der Waals surface area contributed by atoms with Crippen LogP contribution in [-0.2, 0) is 0 Å². The number of ketones is 2. The Hall–Kier alpha value is -2.94. The fraction of sp³-hybridized carbons (Fsp3) is 0.280. The number of hydrogen-bond donors (Lipinski definition) is 0. The third-order valence-electron chi connectivity index (χ3n) is 5.63. The molecular weight excluding hydrogens is 346 g/mol. The van der Waals surface area contributed by atoms with E-state index in [0.29, 0.717) is 17.2 Å². The molecule has 0 N–H and O–H groups in total. The smallest absolute Gasteiger partial charge is 0.197 e. The predicted molar refractivity (Wildman–Crippen MR) is 115 cm³/mol. The van der Waals surface area contributed by atoms with E-state index in [1.165, 1.54) is 11.3 Å². The van der Waals surface area contributed by atoms with Crippen LogP contribution in [0.15, 0.2) is 54.1 Å². The first-order valence-electron chi connectivity index (χ1n) is 9.74. The lowest BCUT2D eigenvalue weighted by Gasteiger charge is -2.46. The van der Waals surface area contributed by atoms with Crippen molar-refractivity contribution in [3.63, 3.8) is 0 Å². The molecular formula is C25H25NO2. The molecule has 2 aromatic carbocycles. The lowest BCUT2D eigenvalue weighted by Crippen LogP contribution is -2.49. The molecule has 0 bridgehead atoms. The molecule has 3 nitrogen and oxygen atoms in total. The van der Waals surface area contributed by atoms with Crippen LogP contribution >= 0.6 is 0 Å². The maximum atomic E-state index is 12.7. The van der Waals surface area contributed by atoms with E-state index < -0.39 is 0 Å². The molecule has 0 saturated heterocycles. The van der Waals surface area contributed by atoms with Gasteiger partial charge in [0.15, 0.2) is 11.6 Å². The average Bonchev–Trinajstić information content (AvgIpc) is 2.86. The third kappa shape index (κ3) is 2.73. The lowest BCUT2D eigenvalue weighted by atomic mass is 9.86. The van der Waals surface area contributed by atoms with Crippen molar-refractivity contribution in [2.45, 2.75) is 46.2 Å². The number of fused-ring (bicyclic) bond motifs is 2. The van der Waals surface area contributed by atoms with Crippen LogP contribution in [0.3, 0.4) is 0 Å². The summed E-state index contributed by atoms with van der Waals surface area (Å²) in [6.07, 6.45) is 4.02. The highest BCUT2D eigenvalue weighted by Gasteiger charge is 2.34. The van der Waals surface area contributed by atoms with Gasteiger partial charge in [-0.05, 0) is 64.0 Å². The van der Waals surface area contributed by atoms with Crippen molar-refractivity contribution in [3.05, 3.63) is 76.4 Å². The first kappa shape index (κ1) is 18.4. The molecule has 2 aromatic rings. The zero-order valence-electron chi connectivity index (χ0n) is 17.0. The minimum absolute atomic E-state index is 0.0652. The molecule has 0 saturated carbocycles. The van der Waals surface area contributed by atoms with Gasteiger partial charge in [-0.15, -0.1) is 0 Å². The largest absolute Gasteiger partial charge is 0.360 e. The van der Waals surface area contributed by atoms with Gasteiger partial charge in [-0.2, -0.15) is 0 Å². The predicted octanol–water partition coefficient (Wildman–Crippen LogP) is 5.56. The summed E-state index contributed by atoms with van der Waals surface area (Å²) in [5.41, 5.74) is 5.61. The molecule has 0 unspecified atom stereocenters. The van der Waals surface area contributed by atoms with Crippen LogP contribution < -0.4 is 4.90 Å². The Morgan fingerprint density at radius 1 is 0.929 bits per heavy atom. The number of nitrogens with zero attached hydrogens (tertiary/aromatic N) is 1. The molecule has 0 fully saturated rings. The first-order valence-corrected chi connectivity index (χ1v) is 9.74. The van der Waals surface area contributed by atoms with Gasteiger partial charge >= 0.3 is 0 Å². The molecule has 4 rings (SSSR count). The van der Waals surface area contributed by atoms with E-state index in [1.807, 2.05) is 6.07 Å². The van der Waals surface area contributed by atoms with Gasteiger partial charge in [0.25, 0.3) is 0 Å². The van der Waals surface area contributed by atoms with Crippen LogP contribution in [0.5, 0.6) is 0 Å². The number of allylic oxidation sites excluding steroid dienone is 2. The van der Waals surface area contributed by atoms with E-state index in [4.69, 9.17) is 0 Å².